The van der Waals surface area contributed by atoms with Gasteiger partial charge in [0.15, 0.2) is 11.2 Å². The fourth-order valence-corrected chi connectivity index (χ4v) is 2.81. The van der Waals surface area contributed by atoms with Gasteiger partial charge in [-0.25, -0.2) is 0 Å². The largest absolute Gasteiger partial charge is 0.451 e. The summed E-state index contributed by atoms with van der Waals surface area (Å²) in [5.41, 5.74) is 1.94. The molecule has 0 bridgehead atoms. The molecule has 0 spiro atoms. The maximum absolute atomic E-state index is 12.3. The Bertz CT molecular complexity index is 1200. The lowest BCUT2D eigenvalue weighted by Gasteiger charge is -2.04. The summed E-state index contributed by atoms with van der Waals surface area (Å²) in [6.45, 7) is 2.16. The SMILES string of the molecule is Cc1ccc2c(=O)cc(C(=O)NCCc3nc(-c4ccccc4)no3)oc2c1. The Morgan fingerprint density at radius 1 is 1.11 bits per heavy atom. The zero-order valence-corrected chi connectivity index (χ0v) is 15.1. The summed E-state index contributed by atoms with van der Waals surface area (Å²) < 4.78 is 10.8. The van der Waals surface area contributed by atoms with Gasteiger partial charge in [0.1, 0.15) is 5.58 Å². The Morgan fingerprint density at radius 3 is 2.75 bits per heavy atom. The molecule has 0 radical (unpaired) electrons. The Labute approximate surface area is 160 Å². The second-order valence-corrected chi connectivity index (χ2v) is 6.36. The molecule has 1 amide bonds. The summed E-state index contributed by atoms with van der Waals surface area (Å²) in [6, 6.07) is 15.9. The highest BCUT2D eigenvalue weighted by molar-refractivity contribution is 5.93. The minimum Gasteiger partial charge on any atom is -0.451 e. The molecule has 0 atom stereocenters. The molecular formula is C21H17N3O4. The first-order valence-corrected chi connectivity index (χ1v) is 8.81. The van der Waals surface area contributed by atoms with Crippen LogP contribution in [0.25, 0.3) is 22.4 Å². The van der Waals surface area contributed by atoms with Crippen molar-refractivity contribution in [3.8, 4) is 11.4 Å². The molecule has 4 aromatic rings. The van der Waals surface area contributed by atoms with Gasteiger partial charge in [-0.1, -0.05) is 41.6 Å². The first-order valence-electron chi connectivity index (χ1n) is 8.81. The molecule has 2 heterocycles. The zero-order valence-electron chi connectivity index (χ0n) is 15.1. The minimum atomic E-state index is -0.469. The Balaban J connectivity index is 1.42. The second kappa shape index (κ2) is 7.48. The standard InChI is InChI=1S/C21H17N3O4/c1-13-7-8-15-16(25)12-18(27-17(15)11-13)21(26)22-10-9-19-23-20(24-28-19)14-5-3-2-4-6-14/h2-8,11-12H,9-10H2,1H3,(H,22,26). The van der Waals surface area contributed by atoms with Gasteiger partial charge in [0, 0.05) is 24.6 Å². The molecule has 0 unspecified atom stereocenters. The molecule has 0 saturated carbocycles. The maximum atomic E-state index is 12.3. The predicted molar refractivity (Wildman–Crippen MR) is 103 cm³/mol. The smallest absolute Gasteiger partial charge is 0.287 e. The van der Waals surface area contributed by atoms with E-state index >= 15 is 0 Å². The number of aryl methyl sites for hydroxylation is 1. The number of hydrogen-bond donors (Lipinski definition) is 1. The number of nitrogens with zero attached hydrogens (tertiary/aromatic N) is 2. The van der Waals surface area contributed by atoms with Crippen LogP contribution in [0.15, 0.2) is 68.3 Å². The quantitative estimate of drug-likeness (QED) is 0.575. The van der Waals surface area contributed by atoms with Crippen LogP contribution in [0.2, 0.25) is 0 Å². The van der Waals surface area contributed by atoms with Crippen molar-refractivity contribution in [2.75, 3.05) is 6.54 Å². The molecule has 140 valence electrons. The van der Waals surface area contributed by atoms with Crippen LogP contribution in [0.5, 0.6) is 0 Å². The van der Waals surface area contributed by atoms with Crippen molar-refractivity contribution in [1.82, 2.24) is 15.5 Å². The van der Waals surface area contributed by atoms with E-state index in [1.807, 2.05) is 43.3 Å². The van der Waals surface area contributed by atoms with E-state index in [1.54, 1.807) is 12.1 Å². The van der Waals surface area contributed by atoms with Gasteiger partial charge >= 0.3 is 0 Å². The fourth-order valence-electron chi connectivity index (χ4n) is 2.81. The van der Waals surface area contributed by atoms with Crippen molar-refractivity contribution in [2.45, 2.75) is 13.3 Å². The average Bonchev–Trinajstić information content (AvgIpc) is 3.17. The van der Waals surface area contributed by atoms with Crippen molar-refractivity contribution in [3.05, 3.63) is 82.0 Å². The Hall–Kier alpha value is -3.74. The number of carbonyl (C=O) groups is 1. The molecule has 1 N–H and O–H groups in total. The van der Waals surface area contributed by atoms with Gasteiger partial charge in [-0.2, -0.15) is 4.98 Å². The highest BCUT2D eigenvalue weighted by atomic mass is 16.5. The molecular weight excluding hydrogens is 358 g/mol. The molecule has 2 aromatic heterocycles. The summed E-state index contributed by atoms with van der Waals surface area (Å²) >= 11 is 0. The fraction of sp³-hybridized carbons (Fsp3) is 0.143. The number of benzene rings is 2. The van der Waals surface area contributed by atoms with E-state index in [4.69, 9.17) is 8.94 Å². The van der Waals surface area contributed by atoms with E-state index in [0.29, 0.717) is 29.1 Å². The molecule has 0 saturated heterocycles. The molecule has 0 aliphatic carbocycles. The summed E-state index contributed by atoms with van der Waals surface area (Å²) in [5, 5.41) is 7.09. The molecule has 7 heteroatoms. The predicted octanol–water partition coefficient (Wildman–Crippen LogP) is 3.12. The van der Waals surface area contributed by atoms with E-state index < -0.39 is 5.91 Å². The number of carbonyl (C=O) groups excluding carboxylic acids is 1. The third-order valence-corrected chi connectivity index (χ3v) is 4.23. The second-order valence-electron chi connectivity index (χ2n) is 6.36. The van der Waals surface area contributed by atoms with E-state index in [9.17, 15) is 9.59 Å². The molecule has 0 fully saturated rings. The first-order chi connectivity index (χ1) is 13.6. The molecule has 0 aliphatic heterocycles. The van der Waals surface area contributed by atoms with Crippen molar-refractivity contribution < 1.29 is 13.7 Å². The van der Waals surface area contributed by atoms with E-state index in [2.05, 4.69) is 15.5 Å². The van der Waals surface area contributed by atoms with Crippen LogP contribution in [0.1, 0.15) is 22.0 Å². The summed E-state index contributed by atoms with van der Waals surface area (Å²) in [7, 11) is 0. The van der Waals surface area contributed by atoms with Gasteiger partial charge in [0.2, 0.25) is 11.7 Å². The van der Waals surface area contributed by atoms with Crippen LogP contribution in [0.4, 0.5) is 0 Å². The number of amides is 1. The normalized spacial score (nSPS) is 10.9. The number of aromatic nitrogens is 2. The van der Waals surface area contributed by atoms with E-state index in [-0.39, 0.29) is 17.7 Å². The highest BCUT2D eigenvalue weighted by Gasteiger charge is 2.13. The maximum Gasteiger partial charge on any atom is 0.287 e. The van der Waals surface area contributed by atoms with Gasteiger partial charge in [0.05, 0.1) is 5.39 Å². The van der Waals surface area contributed by atoms with Gasteiger partial charge in [-0.15, -0.1) is 0 Å². The number of fused-ring (bicyclic) bond motifs is 1. The van der Waals surface area contributed by atoms with Crippen LogP contribution in [0.3, 0.4) is 0 Å². The Kier molecular flexibility index (Phi) is 4.72. The third kappa shape index (κ3) is 3.68. The number of rotatable bonds is 5. The lowest BCUT2D eigenvalue weighted by Crippen LogP contribution is -2.26. The average molecular weight is 375 g/mol. The van der Waals surface area contributed by atoms with Crippen LogP contribution < -0.4 is 10.7 Å². The summed E-state index contributed by atoms with van der Waals surface area (Å²) in [4.78, 5) is 28.8. The van der Waals surface area contributed by atoms with E-state index in [0.717, 1.165) is 11.1 Å². The van der Waals surface area contributed by atoms with Gasteiger partial charge in [-0.3, -0.25) is 9.59 Å². The lowest BCUT2D eigenvalue weighted by molar-refractivity contribution is 0.0926. The Morgan fingerprint density at radius 2 is 1.93 bits per heavy atom. The van der Waals surface area contributed by atoms with Crippen molar-refractivity contribution in [2.24, 2.45) is 0 Å². The van der Waals surface area contributed by atoms with Crippen LogP contribution >= 0.6 is 0 Å². The topological polar surface area (TPSA) is 98.2 Å². The van der Waals surface area contributed by atoms with Crippen LogP contribution in [-0.2, 0) is 6.42 Å². The van der Waals surface area contributed by atoms with Crippen molar-refractivity contribution in [3.63, 3.8) is 0 Å². The van der Waals surface area contributed by atoms with Crippen LogP contribution in [-0.4, -0.2) is 22.6 Å². The number of nitrogens with one attached hydrogen (secondary N) is 1. The summed E-state index contributed by atoms with van der Waals surface area (Å²) in [6.07, 6.45) is 0.364. The van der Waals surface area contributed by atoms with Gasteiger partial charge in [0.25, 0.3) is 5.91 Å². The van der Waals surface area contributed by atoms with Crippen LogP contribution in [0, 0.1) is 6.92 Å². The van der Waals surface area contributed by atoms with E-state index in [1.165, 1.54) is 6.07 Å². The third-order valence-electron chi connectivity index (χ3n) is 4.23. The molecule has 28 heavy (non-hydrogen) atoms. The minimum absolute atomic E-state index is 0.0291. The lowest BCUT2D eigenvalue weighted by atomic mass is 10.1. The first kappa shape index (κ1) is 17.7. The monoisotopic (exact) mass is 375 g/mol. The van der Waals surface area contributed by atoms with Crippen molar-refractivity contribution >= 4 is 16.9 Å². The number of hydrogen-bond acceptors (Lipinski definition) is 6. The summed E-state index contributed by atoms with van der Waals surface area (Å²) in [5.74, 6) is 0.412. The molecule has 7 nitrogen and oxygen atoms in total. The van der Waals surface area contributed by atoms with Gasteiger partial charge in [-0.05, 0) is 24.6 Å². The van der Waals surface area contributed by atoms with Gasteiger partial charge < -0.3 is 14.3 Å². The zero-order chi connectivity index (χ0) is 19.5. The molecule has 4 rings (SSSR count). The highest BCUT2D eigenvalue weighted by Crippen LogP contribution is 2.15. The molecule has 0 aliphatic rings. The molecule has 2 aromatic carbocycles. The van der Waals surface area contributed by atoms with Crippen molar-refractivity contribution in [1.29, 1.82) is 0 Å².